The first-order valence-corrected chi connectivity index (χ1v) is 6.68. The Bertz CT molecular complexity index is 528. The SMILES string of the molecule is COc1ccc(CNCC(C)Cn2ccnc2)cc1F. The molecule has 0 radical (unpaired) electrons. The van der Waals surface area contributed by atoms with Crippen LogP contribution in [0.5, 0.6) is 5.75 Å². The van der Waals surface area contributed by atoms with Crippen LogP contribution in [-0.4, -0.2) is 23.2 Å². The first kappa shape index (κ1) is 14.5. The summed E-state index contributed by atoms with van der Waals surface area (Å²) in [6.45, 7) is 4.60. The first-order chi connectivity index (χ1) is 9.69. The van der Waals surface area contributed by atoms with E-state index >= 15 is 0 Å². The molecule has 20 heavy (non-hydrogen) atoms. The highest BCUT2D eigenvalue weighted by atomic mass is 19.1. The molecular formula is C15H20FN3O. The summed E-state index contributed by atoms with van der Waals surface area (Å²) in [6, 6.07) is 5.03. The van der Waals surface area contributed by atoms with Crippen molar-refractivity contribution in [2.24, 2.45) is 5.92 Å². The van der Waals surface area contributed by atoms with E-state index in [1.807, 2.05) is 18.6 Å². The van der Waals surface area contributed by atoms with Gasteiger partial charge in [-0.1, -0.05) is 13.0 Å². The van der Waals surface area contributed by atoms with Crippen molar-refractivity contribution in [3.05, 3.63) is 48.3 Å². The van der Waals surface area contributed by atoms with Crippen LogP contribution in [0.4, 0.5) is 4.39 Å². The second-order valence-electron chi connectivity index (χ2n) is 4.96. The lowest BCUT2D eigenvalue weighted by molar-refractivity contribution is 0.386. The lowest BCUT2D eigenvalue weighted by Gasteiger charge is -2.13. The summed E-state index contributed by atoms with van der Waals surface area (Å²) in [7, 11) is 1.47. The molecule has 0 aliphatic carbocycles. The molecule has 2 aromatic rings. The highest BCUT2D eigenvalue weighted by molar-refractivity contribution is 5.29. The van der Waals surface area contributed by atoms with E-state index in [1.165, 1.54) is 13.2 Å². The Kier molecular flexibility index (Phi) is 5.12. The second kappa shape index (κ2) is 7.05. The van der Waals surface area contributed by atoms with Gasteiger partial charge in [0.15, 0.2) is 11.6 Å². The number of nitrogens with zero attached hydrogens (tertiary/aromatic N) is 2. The van der Waals surface area contributed by atoms with Crippen LogP contribution in [0.25, 0.3) is 0 Å². The van der Waals surface area contributed by atoms with Crippen molar-refractivity contribution in [1.82, 2.24) is 14.9 Å². The third-order valence-electron chi connectivity index (χ3n) is 3.12. The van der Waals surface area contributed by atoms with Crippen LogP contribution in [0.2, 0.25) is 0 Å². The van der Waals surface area contributed by atoms with Gasteiger partial charge in [0, 0.05) is 25.5 Å². The van der Waals surface area contributed by atoms with E-state index in [-0.39, 0.29) is 11.6 Å². The topological polar surface area (TPSA) is 39.1 Å². The second-order valence-corrected chi connectivity index (χ2v) is 4.96. The predicted molar refractivity (Wildman–Crippen MR) is 76.0 cm³/mol. The number of ether oxygens (including phenoxy) is 1. The van der Waals surface area contributed by atoms with Gasteiger partial charge >= 0.3 is 0 Å². The molecule has 0 spiro atoms. The normalized spacial score (nSPS) is 12.3. The average Bonchev–Trinajstić information content (AvgIpc) is 2.92. The monoisotopic (exact) mass is 277 g/mol. The average molecular weight is 277 g/mol. The number of hydrogen-bond donors (Lipinski definition) is 1. The molecule has 0 amide bonds. The van der Waals surface area contributed by atoms with Crippen LogP contribution in [0.1, 0.15) is 12.5 Å². The maximum atomic E-state index is 13.5. The van der Waals surface area contributed by atoms with Crippen molar-refractivity contribution in [2.75, 3.05) is 13.7 Å². The third kappa shape index (κ3) is 4.06. The summed E-state index contributed by atoms with van der Waals surface area (Å²) in [5.74, 6) is 0.438. The highest BCUT2D eigenvalue weighted by Crippen LogP contribution is 2.17. The van der Waals surface area contributed by atoms with Gasteiger partial charge in [-0.05, 0) is 30.2 Å². The van der Waals surface area contributed by atoms with Crippen LogP contribution < -0.4 is 10.1 Å². The van der Waals surface area contributed by atoms with Gasteiger partial charge in [-0.2, -0.15) is 0 Å². The van der Waals surface area contributed by atoms with Crippen molar-refractivity contribution >= 4 is 0 Å². The molecule has 1 unspecified atom stereocenters. The van der Waals surface area contributed by atoms with Crippen molar-refractivity contribution in [2.45, 2.75) is 20.0 Å². The lowest BCUT2D eigenvalue weighted by atomic mass is 10.1. The predicted octanol–water partition coefficient (Wildman–Crippen LogP) is 2.46. The van der Waals surface area contributed by atoms with Crippen LogP contribution in [0.15, 0.2) is 36.9 Å². The van der Waals surface area contributed by atoms with Gasteiger partial charge in [-0.15, -0.1) is 0 Å². The maximum Gasteiger partial charge on any atom is 0.165 e. The molecule has 1 atom stereocenters. The van der Waals surface area contributed by atoms with E-state index in [0.29, 0.717) is 12.5 Å². The zero-order valence-corrected chi connectivity index (χ0v) is 11.8. The smallest absolute Gasteiger partial charge is 0.165 e. The highest BCUT2D eigenvalue weighted by Gasteiger charge is 2.05. The number of nitrogens with one attached hydrogen (secondary N) is 1. The van der Waals surface area contributed by atoms with Crippen LogP contribution in [0.3, 0.4) is 0 Å². The number of methoxy groups -OCH3 is 1. The van der Waals surface area contributed by atoms with E-state index in [9.17, 15) is 4.39 Å². The minimum absolute atomic E-state index is 0.280. The molecule has 0 aliphatic rings. The van der Waals surface area contributed by atoms with Gasteiger partial charge in [-0.3, -0.25) is 0 Å². The molecule has 1 aromatic carbocycles. The Morgan fingerprint density at radius 3 is 2.95 bits per heavy atom. The fraction of sp³-hybridized carbons (Fsp3) is 0.400. The van der Waals surface area contributed by atoms with Crippen LogP contribution >= 0.6 is 0 Å². The van der Waals surface area contributed by atoms with Gasteiger partial charge in [0.1, 0.15) is 0 Å². The number of rotatable bonds is 7. The van der Waals surface area contributed by atoms with Gasteiger partial charge < -0.3 is 14.6 Å². The molecule has 0 saturated heterocycles. The van der Waals surface area contributed by atoms with E-state index in [0.717, 1.165) is 18.7 Å². The van der Waals surface area contributed by atoms with E-state index in [1.54, 1.807) is 12.3 Å². The molecule has 0 bridgehead atoms. The van der Waals surface area contributed by atoms with Crippen molar-refractivity contribution in [3.63, 3.8) is 0 Å². The molecular weight excluding hydrogens is 257 g/mol. The van der Waals surface area contributed by atoms with Crippen LogP contribution in [-0.2, 0) is 13.1 Å². The van der Waals surface area contributed by atoms with E-state index < -0.39 is 0 Å². The van der Waals surface area contributed by atoms with Crippen molar-refractivity contribution < 1.29 is 9.13 Å². The molecule has 0 fully saturated rings. The number of halogens is 1. The Labute approximate surface area is 118 Å². The molecule has 0 aliphatic heterocycles. The molecule has 2 rings (SSSR count). The Morgan fingerprint density at radius 2 is 2.30 bits per heavy atom. The summed E-state index contributed by atoms with van der Waals surface area (Å²) < 4.78 is 20.5. The van der Waals surface area contributed by atoms with Gasteiger partial charge in [0.05, 0.1) is 13.4 Å². The molecule has 1 aromatic heterocycles. The van der Waals surface area contributed by atoms with Crippen molar-refractivity contribution in [1.29, 1.82) is 0 Å². The standard InChI is InChI=1S/C15H20FN3O/c1-12(10-19-6-5-17-11-19)8-18-9-13-3-4-15(20-2)14(16)7-13/h3-7,11-12,18H,8-10H2,1-2H3. The summed E-state index contributed by atoms with van der Waals surface area (Å²) in [5, 5.41) is 3.34. The minimum Gasteiger partial charge on any atom is -0.494 e. The molecule has 108 valence electrons. The Balaban J connectivity index is 1.76. The van der Waals surface area contributed by atoms with Gasteiger partial charge in [0.25, 0.3) is 0 Å². The summed E-state index contributed by atoms with van der Waals surface area (Å²) in [6.07, 6.45) is 5.55. The van der Waals surface area contributed by atoms with E-state index in [2.05, 4.69) is 21.8 Å². The molecule has 4 nitrogen and oxygen atoms in total. The summed E-state index contributed by atoms with van der Waals surface area (Å²) >= 11 is 0. The van der Waals surface area contributed by atoms with Crippen molar-refractivity contribution in [3.8, 4) is 5.75 Å². The summed E-state index contributed by atoms with van der Waals surface area (Å²) in [4.78, 5) is 4.02. The Hall–Kier alpha value is -1.88. The largest absolute Gasteiger partial charge is 0.494 e. The number of aromatic nitrogens is 2. The van der Waals surface area contributed by atoms with Gasteiger partial charge in [-0.25, -0.2) is 9.37 Å². The number of imidazole rings is 1. The number of benzene rings is 1. The molecule has 5 heteroatoms. The number of hydrogen-bond acceptors (Lipinski definition) is 3. The minimum atomic E-state index is -0.321. The molecule has 1 heterocycles. The zero-order chi connectivity index (χ0) is 14.4. The quantitative estimate of drug-likeness (QED) is 0.845. The fourth-order valence-corrected chi connectivity index (χ4v) is 2.10. The molecule has 0 saturated carbocycles. The zero-order valence-electron chi connectivity index (χ0n) is 11.8. The Morgan fingerprint density at radius 1 is 1.45 bits per heavy atom. The van der Waals surface area contributed by atoms with Crippen LogP contribution in [0, 0.1) is 11.7 Å². The fourth-order valence-electron chi connectivity index (χ4n) is 2.10. The third-order valence-corrected chi connectivity index (χ3v) is 3.12. The lowest BCUT2D eigenvalue weighted by Crippen LogP contribution is -2.23. The first-order valence-electron chi connectivity index (χ1n) is 6.68. The van der Waals surface area contributed by atoms with Gasteiger partial charge in [0.2, 0.25) is 0 Å². The maximum absolute atomic E-state index is 13.5. The molecule has 1 N–H and O–H groups in total. The summed E-state index contributed by atoms with van der Waals surface area (Å²) in [5.41, 5.74) is 0.915. The van der Waals surface area contributed by atoms with E-state index in [4.69, 9.17) is 4.74 Å².